The number of fused-ring (bicyclic) bond motifs is 1. The summed E-state index contributed by atoms with van der Waals surface area (Å²) in [5.74, 6) is 1.75. The Labute approximate surface area is 114 Å². The van der Waals surface area contributed by atoms with E-state index >= 15 is 0 Å². The summed E-state index contributed by atoms with van der Waals surface area (Å²) >= 11 is 0. The number of aryl methyl sites for hydroxylation is 1. The molecule has 1 saturated heterocycles. The average Bonchev–Trinajstić information content (AvgIpc) is 2.76. The Morgan fingerprint density at radius 3 is 2.79 bits per heavy atom. The van der Waals surface area contributed by atoms with Gasteiger partial charge in [-0.25, -0.2) is 0 Å². The summed E-state index contributed by atoms with van der Waals surface area (Å²) in [4.78, 5) is 3.50. The third-order valence-electron chi connectivity index (χ3n) is 4.28. The number of methoxy groups -OCH3 is 1. The van der Waals surface area contributed by atoms with Gasteiger partial charge in [0, 0.05) is 16.6 Å². The first-order valence-corrected chi connectivity index (χ1v) is 7.14. The Bertz CT molecular complexity index is 567. The zero-order valence-electron chi connectivity index (χ0n) is 11.8. The van der Waals surface area contributed by atoms with Gasteiger partial charge in [-0.2, -0.15) is 0 Å². The maximum atomic E-state index is 5.35. The minimum atomic E-state index is 0.810. The minimum absolute atomic E-state index is 0.810. The first-order valence-electron chi connectivity index (χ1n) is 7.14. The van der Waals surface area contributed by atoms with Gasteiger partial charge in [0.15, 0.2) is 0 Å². The van der Waals surface area contributed by atoms with Crippen LogP contribution in [0.25, 0.3) is 10.9 Å². The van der Waals surface area contributed by atoms with Gasteiger partial charge < -0.3 is 15.0 Å². The van der Waals surface area contributed by atoms with Crippen molar-refractivity contribution in [2.45, 2.75) is 26.2 Å². The third-order valence-corrected chi connectivity index (χ3v) is 4.28. The van der Waals surface area contributed by atoms with Crippen molar-refractivity contribution in [1.82, 2.24) is 10.3 Å². The van der Waals surface area contributed by atoms with Gasteiger partial charge in [-0.05, 0) is 69.0 Å². The van der Waals surface area contributed by atoms with Crippen molar-refractivity contribution in [1.29, 1.82) is 0 Å². The van der Waals surface area contributed by atoms with E-state index in [1.807, 2.05) is 6.07 Å². The highest BCUT2D eigenvalue weighted by Gasteiger charge is 2.17. The number of ether oxygens (including phenoxy) is 1. The highest BCUT2D eigenvalue weighted by Crippen LogP contribution is 2.30. The van der Waals surface area contributed by atoms with Gasteiger partial charge in [0.05, 0.1) is 7.11 Å². The van der Waals surface area contributed by atoms with Crippen LogP contribution >= 0.6 is 0 Å². The molecule has 0 radical (unpaired) electrons. The second-order valence-electron chi connectivity index (χ2n) is 5.54. The largest absolute Gasteiger partial charge is 0.497 e. The fourth-order valence-corrected chi connectivity index (χ4v) is 3.13. The van der Waals surface area contributed by atoms with E-state index in [2.05, 4.69) is 29.4 Å². The molecule has 2 N–H and O–H groups in total. The van der Waals surface area contributed by atoms with E-state index < -0.39 is 0 Å². The fraction of sp³-hybridized carbons (Fsp3) is 0.500. The number of aromatic nitrogens is 1. The lowest BCUT2D eigenvalue weighted by molar-refractivity contribution is 0.373. The number of hydrogen-bond acceptors (Lipinski definition) is 2. The Balaban J connectivity index is 1.94. The van der Waals surface area contributed by atoms with Crippen molar-refractivity contribution >= 4 is 10.9 Å². The normalized spacial score (nSPS) is 16.9. The topological polar surface area (TPSA) is 37.0 Å². The highest BCUT2D eigenvalue weighted by atomic mass is 16.5. The van der Waals surface area contributed by atoms with E-state index in [0.717, 1.165) is 24.8 Å². The zero-order valence-corrected chi connectivity index (χ0v) is 11.8. The van der Waals surface area contributed by atoms with E-state index in [1.165, 1.54) is 41.4 Å². The first kappa shape index (κ1) is 12.5. The van der Waals surface area contributed by atoms with Crippen LogP contribution in [0.4, 0.5) is 0 Å². The van der Waals surface area contributed by atoms with E-state index in [1.54, 1.807) is 7.11 Å². The Morgan fingerprint density at radius 2 is 2.05 bits per heavy atom. The van der Waals surface area contributed by atoms with Crippen LogP contribution in [0.3, 0.4) is 0 Å². The molecule has 2 aromatic rings. The standard InChI is InChI=1S/C16H22N2O/c1-11-14(9-12-5-7-17-8-6-12)15-10-13(19-2)3-4-16(15)18-11/h3-4,10,12,17-18H,5-9H2,1-2H3. The quantitative estimate of drug-likeness (QED) is 0.888. The Hall–Kier alpha value is -1.48. The maximum absolute atomic E-state index is 5.35. The predicted octanol–water partition coefficient (Wildman–Crippen LogP) is 3.03. The summed E-state index contributed by atoms with van der Waals surface area (Å²) in [7, 11) is 1.73. The van der Waals surface area contributed by atoms with Crippen LogP contribution in [-0.4, -0.2) is 25.2 Å². The molecule has 102 valence electrons. The molecule has 3 nitrogen and oxygen atoms in total. The number of benzene rings is 1. The molecule has 0 atom stereocenters. The lowest BCUT2D eigenvalue weighted by Crippen LogP contribution is -2.28. The molecule has 0 amide bonds. The van der Waals surface area contributed by atoms with E-state index in [-0.39, 0.29) is 0 Å². The van der Waals surface area contributed by atoms with Gasteiger partial charge in [-0.3, -0.25) is 0 Å². The summed E-state index contributed by atoms with van der Waals surface area (Å²) in [6, 6.07) is 6.30. The molecule has 3 heteroatoms. The molecule has 1 aromatic carbocycles. The summed E-state index contributed by atoms with van der Waals surface area (Å²) in [5, 5.41) is 4.77. The third kappa shape index (κ3) is 2.47. The monoisotopic (exact) mass is 258 g/mol. The predicted molar refractivity (Wildman–Crippen MR) is 78.9 cm³/mol. The van der Waals surface area contributed by atoms with Gasteiger partial charge in [0.25, 0.3) is 0 Å². The summed E-state index contributed by atoms with van der Waals surface area (Å²) in [6.45, 7) is 4.51. The van der Waals surface area contributed by atoms with E-state index in [0.29, 0.717) is 0 Å². The minimum Gasteiger partial charge on any atom is -0.497 e. The van der Waals surface area contributed by atoms with E-state index in [9.17, 15) is 0 Å². The first-order chi connectivity index (χ1) is 9.28. The molecule has 1 aromatic heterocycles. The lowest BCUT2D eigenvalue weighted by atomic mass is 9.90. The van der Waals surface area contributed by atoms with Crippen LogP contribution in [0, 0.1) is 12.8 Å². The number of piperidine rings is 1. The van der Waals surface area contributed by atoms with E-state index in [4.69, 9.17) is 4.74 Å². The Kier molecular flexibility index (Phi) is 3.47. The Morgan fingerprint density at radius 1 is 1.26 bits per heavy atom. The maximum Gasteiger partial charge on any atom is 0.119 e. The molecule has 2 heterocycles. The zero-order chi connectivity index (χ0) is 13.2. The van der Waals surface area contributed by atoms with Crippen molar-refractivity contribution in [2.24, 2.45) is 5.92 Å². The number of aromatic amines is 1. The summed E-state index contributed by atoms with van der Waals surface area (Å²) in [6.07, 6.45) is 3.76. The number of H-pyrrole nitrogens is 1. The molecule has 3 rings (SSSR count). The summed E-state index contributed by atoms with van der Waals surface area (Å²) < 4.78 is 5.35. The van der Waals surface area contributed by atoms with Gasteiger partial charge in [-0.1, -0.05) is 0 Å². The van der Waals surface area contributed by atoms with Crippen LogP contribution < -0.4 is 10.1 Å². The van der Waals surface area contributed by atoms with Crippen LogP contribution in [0.1, 0.15) is 24.1 Å². The smallest absolute Gasteiger partial charge is 0.119 e. The lowest BCUT2D eigenvalue weighted by Gasteiger charge is -2.22. The molecule has 0 saturated carbocycles. The second kappa shape index (κ2) is 5.25. The number of nitrogens with one attached hydrogen (secondary N) is 2. The summed E-state index contributed by atoms with van der Waals surface area (Å²) in [5.41, 5.74) is 4.00. The SMILES string of the molecule is COc1ccc2[nH]c(C)c(CC3CCNCC3)c2c1. The average molecular weight is 258 g/mol. The molecule has 0 spiro atoms. The van der Waals surface area contributed by atoms with Crippen LogP contribution in [0.5, 0.6) is 5.75 Å². The fourth-order valence-electron chi connectivity index (χ4n) is 3.13. The molecule has 0 bridgehead atoms. The van der Waals surface area contributed by atoms with Gasteiger partial charge in [0.2, 0.25) is 0 Å². The molecule has 19 heavy (non-hydrogen) atoms. The number of rotatable bonds is 3. The van der Waals surface area contributed by atoms with Gasteiger partial charge in [-0.15, -0.1) is 0 Å². The van der Waals surface area contributed by atoms with Crippen molar-refractivity contribution in [3.63, 3.8) is 0 Å². The molecule has 1 fully saturated rings. The number of hydrogen-bond donors (Lipinski definition) is 2. The molecule has 0 unspecified atom stereocenters. The van der Waals surface area contributed by atoms with Gasteiger partial charge >= 0.3 is 0 Å². The second-order valence-corrected chi connectivity index (χ2v) is 5.54. The van der Waals surface area contributed by atoms with Gasteiger partial charge in [0.1, 0.15) is 5.75 Å². The molecule has 0 aliphatic carbocycles. The molecular weight excluding hydrogens is 236 g/mol. The molecular formula is C16H22N2O. The molecule has 1 aliphatic rings. The molecule has 1 aliphatic heterocycles. The van der Waals surface area contributed by atoms with Crippen molar-refractivity contribution in [3.8, 4) is 5.75 Å². The van der Waals surface area contributed by atoms with Crippen LogP contribution in [0.15, 0.2) is 18.2 Å². The van der Waals surface area contributed by atoms with Crippen molar-refractivity contribution < 1.29 is 4.74 Å². The van der Waals surface area contributed by atoms with Crippen LogP contribution in [0.2, 0.25) is 0 Å². The van der Waals surface area contributed by atoms with Crippen molar-refractivity contribution in [2.75, 3.05) is 20.2 Å². The van der Waals surface area contributed by atoms with Crippen molar-refractivity contribution in [3.05, 3.63) is 29.5 Å². The highest BCUT2D eigenvalue weighted by molar-refractivity contribution is 5.86. The van der Waals surface area contributed by atoms with Crippen LogP contribution in [-0.2, 0) is 6.42 Å².